The molecule has 1 aromatic rings. The van der Waals surface area contributed by atoms with Gasteiger partial charge in [0.2, 0.25) is 0 Å². The van der Waals surface area contributed by atoms with Gasteiger partial charge in [0.05, 0.1) is 21.4 Å². The molecular formula is C10H11I2NO3. The van der Waals surface area contributed by atoms with E-state index in [1.807, 2.05) is 12.1 Å². The first kappa shape index (κ1) is 14.0. The van der Waals surface area contributed by atoms with E-state index in [1.54, 1.807) is 7.11 Å². The first-order valence-electron chi connectivity index (χ1n) is 4.37. The van der Waals surface area contributed by atoms with E-state index < -0.39 is 12.0 Å². The zero-order valence-corrected chi connectivity index (χ0v) is 13.1. The van der Waals surface area contributed by atoms with Gasteiger partial charge in [-0.15, -0.1) is 0 Å². The van der Waals surface area contributed by atoms with Crippen LogP contribution in [0.5, 0.6) is 5.75 Å². The third-order valence-electron chi connectivity index (χ3n) is 2.04. The maximum absolute atomic E-state index is 11.3. The van der Waals surface area contributed by atoms with Crippen LogP contribution in [-0.2, 0) is 9.53 Å². The second kappa shape index (κ2) is 6.01. The van der Waals surface area contributed by atoms with Crippen LogP contribution in [0.1, 0.15) is 11.6 Å². The molecule has 0 aromatic heterocycles. The smallest absolute Gasteiger partial charge is 0.327 e. The van der Waals surface area contributed by atoms with Gasteiger partial charge >= 0.3 is 5.97 Å². The van der Waals surface area contributed by atoms with E-state index in [1.165, 1.54) is 7.11 Å². The summed E-state index contributed by atoms with van der Waals surface area (Å²) in [6.45, 7) is 0. The molecule has 88 valence electrons. The molecule has 6 heteroatoms. The molecule has 4 nitrogen and oxygen atoms in total. The van der Waals surface area contributed by atoms with E-state index in [0.29, 0.717) is 0 Å². The van der Waals surface area contributed by atoms with E-state index in [-0.39, 0.29) is 0 Å². The van der Waals surface area contributed by atoms with Crippen molar-refractivity contribution >= 4 is 51.2 Å². The number of hydrogen-bond acceptors (Lipinski definition) is 4. The Hall–Kier alpha value is -0.0900. The topological polar surface area (TPSA) is 61.5 Å². The van der Waals surface area contributed by atoms with Crippen molar-refractivity contribution in [1.29, 1.82) is 0 Å². The molecule has 0 amide bonds. The van der Waals surface area contributed by atoms with Crippen LogP contribution in [0, 0.1) is 7.14 Å². The fourth-order valence-electron chi connectivity index (χ4n) is 1.22. The van der Waals surface area contributed by atoms with Crippen LogP contribution in [0.25, 0.3) is 0 Å². The summed E-state index contributed by atoms with van der Waals surface area (Å²) in [5, 5.41) is 0. The molecule has 2 N–H and O–H groups in total. The van der Waals surface area contributed by atoms with Crippen LogP contribution in [0.15, 0.2) is 12.1 Å². The Morgan fingerprint density at radius 2 is 1.81 bits per heavy atom. The Balaban J connectivity index is 3.13. The standard InChI is InChI=1S/C10H11I2NO3/c1-15-9-6(11)3-5(4-7(9)12)8(13)10(14)16-2/h3-4,8H,13H2,1-2H3/t8-/m1/s1. The monoisotopic (exact) mass is 447 g/mol. The number of benzene rings is 1. The number of esters is 1. The molecule has 0 aliphatic carbocycles. The lowest BCUT2D eigenvalue weighted by atomic mass is 10.1. The largest absolute Gasteiger partial charge is 0.495 e. The van der Waals surface area contributed by atoms with Crippen molar-refractivity contribution in [2.24, 2.45) is 5.73 Å². The van der Waals surface area contributed by atoms with Crippen LogP contribution in [-0.4, -0.2) is 20.2 Å². The van der Waals surface area contributed by atoms with Gasteiger partial charge in [-0.25, -0.2) is 0 Å². The normalized spacial score (nSPS) is 12.1. The minimum Gasteiger partial charge on any atom is -0.495 e. The summed E-state index contributed by atoms with van der Waals surface area (Å²) in [6, 6.07) is 2.89. The van der Waals surface area contributed by atoms with Crippen molar-refractivity contribution in [3.8, 4) is 5.75 Å². The second-order valence-corrected chi connectivity index (χ2v) is 5.34. The van der Waals surface area contributed by atoms with Gasteiger partial charge in [0.1, 0.15) is 11.8 Å². The van der Waals surface area contributed by atoms with Crippen molar-refractivity contribution in [3.63, 3.8) is 0 Å². The molecule has 0 aliphatic rings. The zero-order valence-electron chi connectivity index (χ0n) is 8.79. The summed E-state index contributed by atoms with van der Waals surface area (Å²) < 4.78 is 11.7. The first-order chi connectivity index (χ1) is 7.51. The summed E-state index contributed by atoms with van der Waals surface area (Å²) in [5.41, 5.74) is 6.48. The van der Waals surface area contributed by atoms with Gasteiger partial charge in [-0.05, 0) is 62.9 Å². The molecule has 0 radical (unpaired) electrons. The molecule has 0 saturated carbocycles. The minimum absolute atomic E-state index is 0.447. The van der Waals surface area contributed by atoms with E-state index in [0.717, 1.165) is 18.5 Å². The van der Waals surface area contributed by atoms with Crippen molar-refractivity contribution in [2.75, 3.05) is 14.2 Å². The fraction of sp³-hybridized carbons (Fsp3) is 0.300. The summed E-state index contributed by atoms with van der Waals surface area (Å²) in [5.74, 6) is 0.346. The van der Waals surface area contributed by atoms with Crippen molar-refractivity contribution < 1.29 is 14.3 Å². The molecule has 0 spiro atoms. The predicted molar refractivity (Wildman–Crippen MR) is 77.4 cm³/mol. The highest BCUT2D eigenvalue weighted by Gasteiger charge is 2.19. The lowest BCUT2D eigenvalue weighted by Crippen LogP contribution is -2.22. The summed E-state index contributed by atoms with van der Waals surface area (Å²) in [4.78, 5) is 11.3. The SMILES string of the molecule is COC(=O)[C@H](N)c1cc(I)c(OC)c(I)c1. The highest BCUT2D eigenvalue weighted by molar-refractivity contribution is 14.1. The van der Waals surface area contributed by atoms with Gasteiger partial charge in [-0.1, -0.05) is 0 Å². The molecular weight excluding hydrogens is 436 g/mol. The molecule has 0 saturated heterocycles. The Labute approximate surface area is 121 Å². The Morgan fingerprint density at radius 3 is 2.19 bits per heavy atom. The molecule has 0 fully saturated rings. The summed E-state index contributed by atoms with van der Waals surface area (Å²) in [6.07, 6.45) is 0. The minimum atomic E-state index is -0.752. The lowest BCUT2D eigenvalue weighted by molar-refractivity contribution is -0.142. The van der Waals surface area contributed by atoms with Gasteiger partial charge in [0.25, 0.3) is 0 Å². The molecule has 1 atom stereocenters. The van der Waals surface area contributed by atoms with Crippen LogP contribution in [0.3, 0.4) is 0 Å². The maximum Gasteiger partial charge on any atom is 0.327 e. The third kappa shape index (κ3) is 2.98. The van der Waals surface area contributed by atoms with Crippen LogP contribution in [0.2, 0.25) is 0 Å². The number of carbonyl (C=O) groups excluding carboxylic acids is 1. The Bertz CT molecular complexity index is 386. The predicted octanol–water partition coefficient (Wildman–Crippen LogP) is 2.08. The van der Waals surface area contributed by atoms with Gasteiger partial charge in [-0.2, -0.15) is 0 Å². The van der Waals surface area contributed by atoms with Crippen molar-refractivity contribution in [1.82, 2.24) is 0 Å². The van der Waals surface area contributed by atoms with Crippen LogP contribution in [0.4, 0.5) is 0 Å². The maximum atomic E-state index is 11.3. The number of halogens is 2. The van der Waals surface area contributed by atoms with Crippen molar-refractivity contribution in [2.45, 2.75) is 6.04 Å². The van der Waals surface area contributed by atoms with Crippen LogP contribution < -0.4 is 10.5 Å². The lowest BCUT2D eigenvalue weighted by Gasteiger charge is -2.13. The molecule has 0 aliphatic heterocycles. The number of nitrogens with two attached hydrogens (primary N) is 1. The van der Waals surface area contributed by atoms with E-state index in [9.17, 15) is 4.79 Å². The molecule has 1 aromatic carbocycles. The highest BCUT2D eigenvalue weighted by Crippen LogP contribution is 2.30. The fourth-order valence-corrected chi connectivity index (χ4v) is 3.47. The molecule has 0 heterocycles. The van der Waals surface area contributed by atoms with Crippen LogP contribution >= 0.6 is 45.2 Å². The van der Waals surface area contributed by atoms with E-state index in [4.69, 9.17) is 10.5 Å². The van der Waals surface area contributed by atoms with Gasteiger partial charge in [0.15, 0.2) is 0 Å². The van der Waals surface area contributed by atoms with E-state index in [2.05, 4.69) is 49.9 Å². The van der Waals surface area contributed by atoms with Crippen molar-refractivity contribution in [3.05, 3.63) is 24.8 Å². The second-order valence-electron chi connectivity index (χ2n) is 3.02. The molecule has 1 rings (SSSR count). The van der Waals surface area contributed by atoms with Gasteiger partial charge in [0, 0.05) is 0 Å². The Kier molecular flexibility index (Phi) is 5.25. The molecule has 0 unspecified atom stereocenters. The first-order valence-corrected chi connectivity index (χ1v) is 6.53. The summed E-state index contributed by atoms with van der Waals surface area (Å²) in [7, 11) is 2.93. The average molecular weight is 447 g/mol. The number of ether oxygens (including phenoxy) is 2. The number of carbonyl (C=O) groups is 1. The Morgan fingerprint density at radius 1 is 1.31 bits per heavy atom. The number of methoxy groups -OCH3 is 2. The van der Waals surface area contributed by atoms with Gasteiger partial charge in [-0.3, -0.25) is 4.79 Å². The average Bonchev–Trinajstić information content (AvgIpc) is 2.26. The third-order valence-corrected chi connectivity index (χ3v) is 3.64. The summed E-state index contributed by atoms with van der Waals surface area (Å²) >= 11 is 4.29. The zero-order chi connectivity index (χ0) is 12.3. The number of hydrogen-bond donors (Lipinski definition) is 1. The quantitative estimate of drug-likeness (QED) is 0.570. The van der Waals surface area contributed by atoms with E-state index >= 15 is 0 Å². The highest BCUT2D eigenvalue weighted by atomic mass is 127. The molecule has 16 heavy (non-hydrogen) atoms. The van der Waals surface area contributed by atoms with Gasteiger partial charge < -0.3 is 15.2 Å². The number of rotatable bonds is 3. The molecule has 0 bridgehead atoms.